The number of rotatable bonds is 9. The number of hydrogen-bond donors (Lipinski definition) is 1. The van der Waals surface area contributed by atoms with E-state index in [4.69, 9.17) is 9.47 Å². The van der Waals surface area contributed by atoms with Gasteiger partial charge in [0.2, 0.25) is 0 Å². The predicted octanol–water partition coefficient (Wildman–Crippen LogP) is -1.14. The first-order valence-electron chi connectivity index (χ1n) is 7.48. The Morgan fingerprint density at radius 2 is 1.29 bits per heavy atom. The average molecular weight is 346 g/mol. The first kappa shape index (κ1) is 19.6. The molecule has 1 N–H and O–H groups in total. The Balaban J connectivity index is 3.29. The van der Waals surface area contributed by atoms with Crippen molar-refractivity contribution in [2.24, 2.45) is 0 Å². The van der Waals surface area contributed by atoms with Gasteiger partial charge in [0.1, 0.15) is 20.1 Å². The molecule has 0 radical (unpaired) electrons. The number of aromatic nitrogens is 3. The molecule has 1 amide bonds. The van der Waals surface area contributed by atoms with Gasteiger partial charge in [0.15, 0.2) is 0 Å². The summed E-state index contributed by atoms with van der Waals surface area (Å²) in [5.74, 6) is 0. The van der Waals surface area contributed by atoms with Crippen LogP contribution in [0.2, 0.25) is 0 Å². The molecule has 0 saturated carbocycles. The highest BCUT2D eigenvalue weighted by molar-refractivity contribution is 5.66. The standard InChI is InChI=1S/C13H22N4O7/c1-4-22-8-16-11(19)15(7-14-10(18)24-6-3)12(20)17(13(16)21)9-23-5-2/h4-9H2,1-3H3,(H,14,18). The van der Waals surface area contributed by atoms with Crippen LogP contribution < -0.4 is 22.4 Å². The summed E-state index contributed by atoms with van der Waals surface area (Å²) in [5.41, 5.74) is -2.65. The van der Waals surface area contributed by atoms with E-state index in [9.17, 15) is 19.2 Å². The van der Waals surface area contributed by atoms with Gasteiger partial charge in [-0.1, -0.05) is 0 Å². The van der Waals surface area contributed by atoms with Gasteiger partial charge in [0.05, 0.1) is 6.61 Å². The molecule has 0 aromatic carbocycles. The van der Waals surface area contributed by atoms with Crippen molar-refractivity contribution in [1.29, 1.82) is 0 Å². The number of carbonyl (C=O) groups excluding carboxylic acids is 1. The SMILES string of the molecule is CCOCn1c(=O)n(CNC(=O)OCC)c(=O)n(COCC)c1=O. The van der Waals surface area contributed by atoms with Crippen LogP contribution in [0.1, 0.15) is 20.8 Å². The molecule has 0 fully saturated rings. The van der Waals surface area contributed by atoms with Crippen LogP contribution in [-0.4, -0.2) is 39.6 Å². The molecule has 0 spiro atoms. The van der Waals surface area contributed by atoms with E-state index < -0.39 is 29.8 Å². The van der Waals surface area contributed by atoms with Crippen LogP contribution in [-0.2, 0) is 34.3 Å². The predicted molar refractivity (Wildman–Crippen MR) is 82.6 cm³/mol. The largest absolute Gasteiger partial charge is 0.450 e. The number of carbonyl (C=O) groups is 1. The molecule has 0 bridgehead atoms. The van der Waals surface area contributed by atoms with Crippen molar-refractivity contribution in [2.75, 3.05) is 19.8 Å². The maximum Gasteiger partial charge on any atom is 0.408 e. The molecule has 1 rings (SSSR count). The number of nitrogens with zero attached hydrogens (tertiary/aromatic N) is 3. The van der Waals surface area contributed by atoms with Gasteiger partial charge >= 0.3 is 23.2 Å². The van der Waals surface area contributed by atoms with Crippen molar-refractivity contribution in [1.82, 2.24) is 19.0 Å². The first-order valence-corrected chi connectivity index (χ1v) is 7.48. The fourth-order valence-corrected chi connectivity index (χ4v) is 1.73. The third-order valence-electron chi connectivity index (χ3n) is 2.89. The van der Waals surface area contributed by atoms with E-state index in [1.54, 1.807) is 20.8 Å². The molecule has 11 heteroatoms. The third-order valence-corrected chi connectivity index (χ3v) is 2.89. The van der Waals surface area contributed by atoms with Crippen LogP contribution in [0.25, 0.3) is 0 Å². The highest BCUT2D eigenvalue weighted by Crippen LogP contribution is 1.82. The van der Waals surface area contributed by atoms with Gasteiger partial charge in [-0.2, -0.15) is 0 Å². The molecule has 11 nitrogen and oxygen atoms in total. The van der Waals surface area contributed by atoms with Crippen LogP contribution in [0, 0.1) is 0 Å². The lowest BCUT2D eigenvalue weighted by Crippen LogP contribution is -2.56. The van der Waals surface area contributed by atoms with Crippen molar-refractivity contribution < 1.29 is 19.0 Å². The number of nitrogens with one attached hydrogen (secondary N) is 1. The van der Waals surface area contributed by atoms with E-state index in [1.165, 1.54) is 0 Å². The van der Waals surface area contributed by atoms with Crippen LogP contribution in [0.5, 0.6) is 0 Å². The van der Waals surface area contributed by atoms with Crippen molar-refractivity contribution >= 4 is 6.09 Å². The molecule has 0 unspecified atom stereocenters. The Hall–Kier alpha value is -2.40. The molecule has 0 aliphatic carbocycles. The number of hydrogen-bond acceptors (Lipinski definition) is 7. The van der Waals surface area contributed by atoms with Crippen molar-refractivity contribution in [3.63, 3.8) is 0 Å². The van der Waals surface area contributed by atoms with Gasteiger partial charge in [-0.05, 0) is 20.8 Å². The highest BCUT2D eigenvalue weighted by atomic mass is 16.5. The van der Waals surface area contributed by atoms with E-state index in [-0.39, 0.29) is 33.3 Å². The molecule has 1 heterocycles. The second-order valence-electron chi connectivity index (χ2n) is 4.43. The molecule has 0 aliphatic heterocycles. The van der Waals surface area contributed by atoms with Crippen molar-refractivity contribution in [2.45, 2.75) is 40.9 Å². The van der Waals surface area contributed by atoms with E-state index in [1.807, 2.05) is 0 Å². The highest BCUT2D eigenvalue weighted by Gasteiger charge is 2.16. The van der Waals surface area contributed by atoms with Gasteiger partial charge in [0.25, 0.3) is 0 Å². The summed E-state index contributed by atoms with van der Waals surface area (Å²) in [5, 5.41) is 2.26. The van der Waals surface area contributed by atoms with E-state index >= 15 is 0 Å². The molecule has 24 heavy (non-hydrogen) atoms. The summed E-state index contributed by atoms with van der Waals surface area (Å²) in [7, 11) is 0. The zero-order chi connectivity index (χ0) is 18.1. The van der Waals surface area contributed by atoms with Crippen LogP contribution in [0.3, 0.4) is 0 Å². The summed E-state index contributed by atoms with van der Waals surface area (Å²) < 4.78 is 17.0. The van der Waals surface area contributed by atoms with E-state index in [0.717, 1.165) is 9.13 Å². The lowest BCUT2D eigenvalue weighted by molar-refractivity contribution is 0.0592. The molecule has 0 aliphatic rings. The minimum Gasteiger partial charge on any atom is -0.450 e. The fourth-order valence-electron chi connectivity index (χ4n) is 1.73. The average Bonchev–Trinajstić information content (AvgIpc) is 2.55. The second kappa shape index (κ2) is 9.67. The number of alkyl carbamates (subject to hydrolysis) is 1. The topological polar surface area (TPSA) is 123 Å². The summed E-state index contributed by atoms with van der Waals surface area (Å²) in [6, 6.07) is 0. The van der Waals surface area contributed by atoms with E-state index in [2.05, 4.69) is 10.1 Å². The quantitative estimate of drug-likeness (QED) is 0.600. The second-order valence-corrected chi connectivity index (χ2v) is 4.43. The van der Waals surface area contributed by atoms with Gasteiger partial charge in [-0.15, -0.1) is 0 Å². The number of ether oxygens (including phenoxy) is 3. The smallest absolute Gasteiger partial charge is 0.408 e. The Kier molecular flexibility index (Phi) is 7.92. The molecular weight excluding hydrogens is 324 g/mol. The monoisotopic (exact) mass is 346 g/mol. The van der Waals surface area contributed by atoms with Gasteiger partial charge < -0.3 is 19.5 Å². The maximum absolute atomic E-state index is 12.3. The van der Waals surface area contributed by atoms with Gasteiger partial charge in [-0.25, -0.2) is 32.9 Å². The zero-order valence-electron chi connectivity index (χ0n) is 13.9. The molecular formula is C13H22N4O7. The van der Waals surface area contributed by atoms with Crippen LogP contribution in [0.15, 0.2) is 14.4 Å². The fraction of sp³-hybridized carbons (Fsp3) is 0.692. The lowest BCUT2D eigenvalue weighted by Gasteiger charge is -2.14. The Morgan fingerprint density at radius 1 is 0.833 bits per heavy atom. The molecule has 0 atom stereocenters. The Morgan fingerprint density at radius 3 is 1.71 bits per heavy atom. The molecule has 0 saturated heterocycles. The molecule has 1 aromatic heterocycles. The summed E-state index contributed by atoms with van der Waals surface area (Å²) >= 11 is 0. The minimum absolute atomic E-state index is 0.138. The lowest BCUT2D eigenvalue weighted by atomic mass is 10.7. The summed E-state index contributed by atoms with van der Waals surface area (Å²) in [4.78, 5) is 48.2. The molecule has 136 valence electrons. The van der Waals surface area contributed by atoms with Crippen LogP contribution >= 0.6 is 0 Å². The van der Waals surface area contributed by atoms with Gasteiger partial charge in [0, 0.05) is 13.2 Å². The van der Waals surface area contributed by atoms with Gasteiger partial charge in [-0.3, -0.25) is 0 Å². The molecule has 1 aromatic rings. The summed E-state index contributed by atoms with van der Waals surface area (Å²) in [6.07, 6.45) is -0.789. The third kappa shape index (κ3) is 4.80. The maximum atomic E-state index is 12.3. The number of amides is 1. The summed E-state index contributed by atoms with van der Waals surface area (Å²) in [6.45, 7) is 4.61. The normalized spacial score (nSPS) is 10.6. The first-order chi connectivity index (χ1) is 11.5. The van der Waals surface area contributed by atoms with Crippen LogP contribution in [0.4, 0.5) is 4.79 Å². The zero-order valence-corrected chi connectivity index (χ0v) is 13.9. The Labute approximate surface area is 137 Å². The van der Waals surface area contributed by atoms with Crippen molar-refractivity contribution in [3.05, 3.63) is 31.5 Å². The van der Waals surface area contributed by atoms with Crippen molar-refractivity contribution in [3.8, 4) is 0 Å². The Bertz CT molecular complexity index is 672. The minimum atomic E-state index is -0.900. The van der Waals surface area contributed by atoms with E-state index in [0.29, 0.717) is 4.57 Å².